The van der Waals surface area contributed by atoms with Crippen molar-refractivity contribution in [3.05, 3.63) is 69.5 Å². The summed E-state index contributed by atoms with van der Waals surface area (Å²) >= 11 is 6.07. The van der Waals surface area contributed by atoms with E-state index < -0.39 is 10.0 Å². The number of nitrogens with zero attached hydrogens (tertiary/aromatic N) is 1. The normalized spacial score (nSPS) is 11.2. The van der Waals surface area contributed by atoms with Gasteiger partial charge in [0, 0.05) is 16.7 Å². The Morgan fingerprint density at radius 2 is 1.89 bits per heavy atom. The lowest BCUT2D eigenvalue weighted by atomic mass is 10.1. The van der Waals surface area contributed by atoms with Crippen LogP contribution >= 0.6 is 11.6 Å². The molecule has 1 aromatic heterocycles. The number of halogens is 1. The average molecular weight is 406 g/mol. The van der Waals surface area contributed by atoms with Crippen molar-refractivity contribution in [3.63, 3.8) is 0 Å². The molecule has 3 aromatic rings. The van der Waals surface area contributed by atoms with Gasteiger partial charge in [0.25, 0.3) is 15.6 Å². The number of benzene rings is 2. The predicted octanol–water partition coefficient (Wildman–Crippen LogP) is 3.21. The van der Waals surface area contributed by atoms with E-state index in [2.05, 4.69) is 14.9 Å². The van der Waals surface area contributed by atoms with E-state index in [9.17, 15) is 13.2 Å². The maximum atomic E-state index is 12.9. The van der Waals surface area contributed by atoms with E-state index in [1.54, 1.807) is 18.2 Å². The molecule has 0 aliphatic heterocycles. The van der Waals surface area contributed by atoms with E-state index in [-0.39, 0.29) is 16.2 Å². The molecule has 27 heavy (non-hydrogen) atoms. The predicted molar refractivity (Wildman–Crippen MR) is 104 cm³/mol. The van der Waals surface area contributed by atoms with Crippen molar-refractivity contribution in [1.82, 2.24) is 10.2 Å². The molecule has 1 heterocycles. The molecule has 0 unspecified atom stereocenters. The molecule has 0 aliphatic carbocycles. The van der Waals surface area contributed by atoms with E-state index in [0.717, 1.165) is 5.56 Å². The van der Waals surface area contributed by atoms with Crippen LogP contribution in [0.1, 0.15) is 5.56 Å². The van der Waals surface area contributed by atoms with Crippen molar-refractivity contribution < 1.29 is 13.2 Å². The zero-order valence-electron chi connectivity index (χ0n) is 14.5. The minimum absolute atomic E-state index is 0.0628. The van der Waals surface area contributed by atoms with Gasteiger partial charge in [0.15, 0.2) is 0 Å². The maximum absolute atomic E-state index is 12.9. The van der Waals surface area contributed by atoms with Gasteiger partial charge in [0.1, 0.15) is 10.6 Å². The summed E-state index contributed by atoms with van der Waals surface area (Å²) in [7, 11) is -2.57. The number of aryl methyl sites for hydroxylation is 1. The van der Waals surface area contributed by atoms with Crippen LogP contribution in [-0.2, 0) is 10.0 Å². The second-order valence-electron chi connectivity index (χ2n) is 5.74. The van der Waals surface area contributed by atoms with Crippen LogP contribution < -0.4 is 15.0 Å². The molecule has 7 nitrogen and oxygen atoms in total. The first kappa shape index (κ1) is 18.9. The quantitative estimate of drug-likeness (QED) is 0.678. The van der Waals surface area contributed by atoms with Crippen LogP contribution in [0.5, 0.6) is 5.75 Å². The third kappa shape index (κ3) is 4.12. The molecule has 3 rings (SSSR count). The molecule has 0 atom stereocenters. The van der Waals surface area contributed by atoms with Gasteiger partial charge in [-0.25, -0.2) is 13.5 Å². The number of nitrogens with one attached hydrogen (secondary N) is 2. The number of H-pyrrole nitrogens is 1. The maximum Gasteiger partial charge on any atom is 0.265 e. The molecule has 140 valence electrons. The molecule has 0 bridgehead atoms. The smallest absolute Gasteiger partial charge is 0.265 e. The summed E-state index contributed by atoms with van der Waals surface area (Å²) in [6.07, 6.45) is 0. The van der Waals surface area contributed by atoms with Gasteiger partial charge in [0.2, 0.25) is 0 Å². The SMILES string of the molecule is COc1ccc(-c2ccc(=O)[nH]n2)cc1S(=O)(=O)Nc1ccc(C)c(Cl)c1. The molecular formula is C18H16ClN3O4S. The van der Waals surface area contributed by atoms with Gasteiger partial charge in [-0.3, -0.25) is 9.52 Å². The van der Waals surface area contributed by atoms with Crippen LogP contribution in [0.25, 0.3) is 11.3 Å². The van der Waals surface area contributed by atoms with Crippen molar-refractivity contribution in [2.75, 3.05) is 11.8 Å². The Kier molecular flexibility index (Phi) is 5.20. The van der Waals surface area contributed by atoms with Gasteiger partial charge in [-0.2, -0.15) is 5.10 Å². The molecule has 0 fully saturated rings. The number of aromatic amines is 1. The van der Waals surface area contributed by atoms with E-state index in [0.29, 0.717) is 22.0 Å². The van der Waals surface area contributed by atoms with Gasteiger partial charge in [-0.1, -0.05) is 17.7 Å². The first-order valence-electron chi connectivity index (χ1n) is 7.83. The second-order valence-corrected chi connectivity index (χ2v) is 7.80. The lowest BCUT2D eigenvalue weighted by molar-refractivity contribution is 0.403. The van der Waals surface area contributed by atoms with Gasteiger partial charge in [-0.05, 0) is 48.9 Å². The van der Waals surface area contributed by atoms with Crippen LogP contribution in [0.4, 0.5) is 5.69 Å². The van der Waals surface area contributed by atoms with Crippen LogP contribution in [0, 0.1) is 6.92 Å². The molecule has 0 aliphatic rings. The molecule has 0 amide bonds. The monoisotopic (exact) mass is 405 g/mol. The number of sulfonamides is 1. The Bertz CT molecular complexity index is 1140. The standard InChI is InChI=1S/C18H16ClN3O4S/c1-11-3-5-13(10-14(11)19)22-27(24,25)17-9-12(4-7-16(17)26-2)15-6-8-18(23)21-20-15/h3-10,22H,1-2H3,(H,21,23). The topological polar surface area (TPSA) is 101 Å². The summed E-state index contributed by atoms with van der Waals surface area (Å²) in [6, 6.07) is 12.3. The van der Waals surface area contributed by atoms with Crippen LogP contribution in [0.2, 0.25) is 5.02 Å². The fraction of sp³-hybridized carbons (Fsp3) is 0.111. The third-order valence-corrected chi connectivity index (χ3v) is 5.66. The molecule has 0 saturated heterocycles. The zero-order valence-corrected chi connectivity index (χ0v) is 16.1. The molecule has 0 radical (unpaired) electrons. The van der Waals surface area contributed by atoms with E-state index in [4.69, 9.17) is 16.3 Å². The first-order valence-corrected chi connectivity index (χ1v) is 9.69. The van der Waals surface area contributed by atoms with Crippen molar-refractivity contribution in [2.24, 2.45) is 0 Å². The number of aromatic nitrogens is 2. The van der Waals surface area contributed by atoms with Crippen LogP contribution in [0.15, 0.2) is 58.2 Å². The van der Waals surface area contributed by atoms with E-state index in [1.807, 2.05) is 6.92 Å². The third-order valence-electron chi connectivity index (χ3n) is 3.85. The minimum Gasteiger partial charge on any atom is -0.495 e. The Balaban J connectivity index is 2.04. The molecule has 0 saturated carbocycles. The summed E-state index contributed by atoms with van der Waals surface area (Å²) in [6.45, 7) is 1.82. The Morgan fingerprint density at radius 1 is 1.11 bits per heavy atom. The van der Waals surface area contributed by atoms with Gasteiger partial charge >= 0.3 is 0 Å². The minimum atomic E-state index is -3.96. The summed E-state index contributed by atoms with van der Waals surface area (Å²) in [5, 5.41) is 6.69. The summed E-state index contributed by atoms with van der Waals surface area (Å²) in [5.41, 5.74) is 1.75. The average Bonchev–Trinajstić information content (AvgIpc) is 2.64. The fourth-order valence-electron chi connectivity index (χ4n) is 2.42. The van der Waals surface area contributed by atoms with E-state index in [1.165, 1.54) is 37.4 Å². The fourth-order valence-corrected chi connectivity index (χ4v) is 3.84. The molecular weight excluding hydrogens is 390 g/mol. The highest BCUT2D eigenvalue weighted by molar-refractivity contribution is 7.92. The van der Waals surface area contributed by atoms with Crippen LogP contribution in [-0.4, -0.2) is 25.7 Å². The van der Waals surface area contributed by atoms with E-state index >= 15 is 0 Å². The highest BCUT2D eigenvalue weighted by Gasteiger charge is 2.21. The Morgan fingerprint density at radius 3 is 2.52 bits per heavy atom. The Labute approximate surface area is 161 Å². The summed E-state index contributed by atoms with van der Waals surface area (Å²) in [5.74, 6) is 0.175. The molecule has 2 aromatic carbocycles. The van der Waals surface area contributed by atoms with Crippen molar-refractivity contribution in [2.45, 2.75) is 11.8 Å². The largest absolute Gasteiger partial charge is 0.495 e. The lowest BCUT2D eigenvalue weighted by Crippen LogP contribution is -2.14. The number of methoxy groups -OCH3 is 1. The molecule has 9 heteroatoms. The van der Waals surface area contributed by atoms with Gasteiger partial charge in [-0.15, -0.1) is 0 Å². The molecule has 2 N–H and O–H groups in total. The molecule has 0 spiro atoms. The van der Waals surface area contributed by atoms with Gasteiger partial charge < -0.3 is 4.74 Å². The first-order chi connectivity index (χ1) is 12.8. The van der Waals surface area contributed by atoms with Crippen molar-refractivity contribution in [3.8, 4) is 17.0 Å². The number of ether oxygens (including phenoxy) is 1. The lowest BCUT2D eigenvalue weighted by Gasteiger charge is -2.13. The van der Waals surface area contributed by atoms with Crippen molar-refractivity contribution >= 4 is 27.3 Å². The number of hydrogen-bond acceptors (Lipinski definition) is 5. The number of hydrogen-bond donors (Lipinski definition) is 2. The summed E-state index contributed by atoms with van der Waals surface area (Å²) < 4.78 is 33.5. The summed E-state index contributed by atoms with van der Waals surface area (Å²) in [4.78, 5) is 11.1. The second kappa shape index (κ2) is 7.42. The van der Waals surface area contributed by atoms with Crippen LogP contribution in [0.3, 0.4) is 0 Å². The highest BCUT2D eigenvalue weighted by atomic mass is 35.5. The van der Waals surface area contributed by atoms with Gasteiger partial charge in [0.05, 0.1) is 18.5 Å². The number of anilines is 1. The number of rotatable bonds is 5. The highest BCUT2D eigenvalue weighted by Crippen LogP contribution is 2.31. The van der Waals surface area contributed by atoms with Crippen molar-refractivity contribution in [1.29, 1.82) is 0 Å². The Hall–Kier alpha value is -2.84. The zero-order chi connectivity index (χ0) is 19.6.